The number of tetrazole rings is 1. The number of hydrogen-bond acceptors (Lipinski definition) is 6. The summed E-state index contributed by atoms with van der Waals surface area (Å²) in [4.78, 5) is 1.52. The molecule has 158 valence electrons. The molecule has 4 rings (SSSR count). The lowest BCUT2D eigenvalue weighted by molar-refractivity contribution is 0.176. The highest BCUT2D eigenvalue weighted by atomic mass is 32.2. The molecule has 11 heteroatoms. The molecule has 0 aliphatic carbocycles. The summed E-state index contributed by atoms with van der Waals surface area (Å²) in [6.07, 6.45) is 0. The third-order valence-electron chi connectivity index (χ3n) is 5.02. The van der Waals surface area contributed by atoms with Crippen LogP contribution >= 0.6 is 0 Å². The Kier molecular flexibility index (Phi) is 5.58. The van der Waals surface area contributed by atoms with E-state index in [1.165, 1.54) is 4.31 Å². The van der Waals surface area contributed by atoms with E-state index in [0.29, 0.717) is 31.5 Å². The SMILES string of the molecule is Cc1ccc(-n2nnnc2CN2CCN(S(=O)(=O)c3ccc(F)cc3F)CC2)cc1. The van der Waals surface area contributed by atoms with Gasteiger partial charge in [0, 0.05) is 32.2 Å². The maximum atomic E-state index is 14.0. The Labute approximate surface area is 172 Å². The van der Waals surface area contributed by atoms with Crippen molar-refractivity contribution < 1.29 is 17.2 Å². The van der Waals surface area contributed by atoms with E-state index in [-0.39, 0.29) is 13.1 Å². The zero-order valence-electron chi connectivity index (χ0n) is 16.2. The van der Waals surface area contributed by atoms with Gasteiger partial charge < -0.3 is 0 Å². The van der Waals surface area contributed by atoms with Crippen LogP contribution in [0.4, 0.5) is 8.78 Å². The minimum absolute atomic E-state index is 0.186. The molecule has 2 heterocycles. The Balaban J connectivity index is 1.43. The van der Waals surface area contributed by atoms with Crippen LogP contribution in [0.25, 0.3) is 5.69 Å². The fraction of sp³-hybridized carbons (Fsp3) is 0.316. The van der Waals surface area contributed by atoms with Gasteiger partial charge in [-0.2, -0.15) is 8.99 Å². The maximum absolute atomic E-state index is 14.0. The summed E-state index contributed by atoms with van der Waals surface area (Å²) in [6.45, 7) is 3.68. The standard InChI is InChI=1S/C19H20F2N6O2S/c1-14-2-5-16(6-3-14)27-19(22-23-24-27)13-25-8-10-26(11-9-25)30(28,29)18-7-4-15(20)12-17(18)21/h2-7,12H,8-11,13H2,1H3. The quantitative estimate of drug-likeness (QED) is 0.609. The number of hydrogen-bond donors (Lipinski definition) is 0. The number of nitrogens with zero attached hydrogens (tertiary/aromatic N) is 6. The monoisotopic (exact) mass is 434 g/mol. The molecule has 0 N–H and O–H groups in total. The lowest BCUT2D eigenvalue weighted by Gasteiger charge is -2.33. The number of benzene rings is 2. The molecule has 1 aliphatic heterocycles. The van der Waals surface area contributed by atoms with Crippen LogP contribution in [-0.4, -0.2) is 64.0 Å². The molecule has 3 aromatic rings. The van der Waals surface area contributed by atoms with Crippen molar-refractivity contribution in [1.29, 1.82) is 0 Å². The Morgan fingerprint density at radius 3 is 2.37 bits per heavy atom. The van der Waals surface area contributed by atoms with E-state index < -0.39 is 26.6 Å². The topological polar surface area (TPSA) is 84.2 Å². The highest BCUT2D eigenvalue weighted by Gasteiger charge is 2.31. The van der Waals surface area contributed by atoms with Crippen molar-refractivity contribution in [2.75, 3.05) is 26.2 Å². The van der Waals surface area contributed by atoms with E-state index >= 15 is 0 Å². The van der Waals surface area contributed by atoms with E-state index in [1.807, 2.05) is 36.1 Å². The largest absolute Gasteiger partial charge is 0.293 e. The lowest BCUT2D eigenvalue weighted by Crippen LogP contribution is -2.48. The van der Waals surface area contributed by atoms with Gasteiger partial charge in [0.15, 0.2) is 5.82 Å². The number of halogens is 2. The lowest BCUT2D eigenvalue weighted by atomic mass is 10.2. The number of piperazine rings is 1. The summed E-state index contributed by atoms with van der Waals surface area (Å²) >= 11 is 0. The predicted molar refractivity (Wildman–Crippen MR) is 104 cm³/mol. The summed E-state index contributed by atoms with van der Waals surface area (Å²) < 4.78 is 55.4. The van der Waals surface area contributed by atoms with Gasteiger partial charge in [-0.05, 0) is 41.6 Å². The molecule has 0 atom stereocenters. The van der Waals surface area contributed by atoms with Crippen LogP contribution in [0.3, 0.4) is 0 Å². The Hall–Kier alpha value is -2.76. The van der Waals surface area contributed by atoms with Crippen molar-refractivity contribution in [3.05, 3.63) is 65.5 Å². The summed E-state index contributed by atoms with van der Waals surface area (Å²) in [5.41, 5.74) is 1.97. The van der Waals surface area contributed by atoms with Crippen molar-refractivity contribution in [1.82, 2.24) is 29.4 Å². The Morgan fingerprint density at radius 2 is 1.70 bits per heavy atom. The number of aryl methyl sites for hydroxylation is 1. The van der Waals surface area contributed by atoms with Crippen molar-refractivity contribution in [3.8, 4) is 5.69 Å². The summed E-state index contributed by atoms with van der Waals surface area (Å²) in [5, 5.41) is 11.9. The van der Waals surface area contributed by atoms with Crippen molar-refractivity contribution >= 4 is 10.0 Å². The molecule has 0 bridgehead atoms. The van der Waals surface area contributed by atoms with Crippen LogP contribution < -0.4 is 0 Å². The minimum Gasteiger partial charge on any atom is -0.293 e. The van der Waals surface area contributed by atoms with Gasteiger partial charge in [-0.25, -0.2) is 17.2 Å². The third-order valence-corrected chi connectivity index (χ3v) is 6.95. The molecule has 2 aromatic carbocycles. The Bertz CT molecular complexity index is 1140. The van der Waals surface area contributed by atoms with E-state index in [4.69, 9.17) is 0 Å². The zero-order valence-corrected chi connectivity index (χ0v) is 17.1. The molecular formula is C19H20F2N6O2S. The number of rotatable bonds is 5. The summed E-state index contributed by atoms with van der Waals surface area (Å²) in [7, 11) is -4.03. The number of aromatic nitrogens is 4. The molecular weight excluding hydrogens is 414 g/mol. The molecule has 0 saturated carbocycles. The van der Waals surface area contributed by atoms with Gasteiger partial charge in [0.25, 0.3) is 0 Å². The first-order valence-electron chi connectivity index (χ1n) is 9.36. The zero-order chi connectivity index (χ0) is 21.3. The van der Waals surface area contributed by atoms with Crippen molar-refractivity contribution in [2.24, 2.45) is 0 Å². The molecule has 0 amide bonds. The van der Waals surface area contributed by atoms with Crippen molar-refractivity contribution in [2.45, 2.75) is 18.4 Å². The van der Waals surface area contributed by atoms with E-state index in [1.54, 1.807) is 4.68 Å². The van der Waals surface area contributed by atoms with Gasteiger partial charge in [0.1, 0.15) is 16.5 Å². The highest BCUT2D eigenvalue weighted by molar-refractivity contribution is 7.89. The minimum atomic E-state index is -4.03. The molecule has 0 spiro atoms. The molecule has 1 saturated heterocycles. The second-order valence-corrected chi connectivity index (χ2v) is 9.00. The second kappa shape index (κ2) is 8.17. The van der Waals surface area contributed by atoms with Gasteiger partial charge in [0.05, 0.1) is 12.2 Å². The van der Waals surface area contributed by atoms with Crippen LogP contribution in [0, 0.1) is 18.6 Å². The van der Waals surface area contributed by atoms with Crippen LogP contribution in [0.15, 0.2) is 47.4 Å². The van der Waals surface area contributed by atoms with Crippen LogP contribution in [-0.2, 0) is 16.6 Å². The Morgan fingerprint density at radius 1 is 1.00 bits per heavy atom. The van der Waals surface area contributed by atoms with E-state index in [9.17, 15) is 17.2 Å². The van der Waals surface area contributed by atoms with Crippen LogP contribution in [0.5, 0.6) is 0 Å². The predicted octanol–water partition coefficient (Wildman–Crippen LogP) is 1.76. The van der Waals surface area contributed by atoms with Crippen LogP contribution in [0.1, 0.15) is 11.4 Å². The second-order valence-electron chi connectivity index (χ2n) is 7.10. The maximum Gasteiger partial charge on any atom is 0.246 e. The van der Waals surface area contributed by atoms with Gasteiger partial charge in [-0.3, -0.25) is 4.90 Å². The highest BCUT2D eigenvalue weighted by Crippen LogP contribution is 2.22. The van der Waals surface area contributed by atoms with Crippen molar-refractivity contribution in [3.63, 3.8) is 0 Å². The number of sulfonamides is 1. The average molecular weight is 434 g/mol. The van der Waals surface area contributed by atoms with Gasteiger partial charge in [-0.1, -0.05) is 17.7 Å². The summed E-state index contributed by atoms with van der Waals surface area (Å²) in [5.74, 6) is -1.27. The molecule has 0 unspecified atom stereocenters. The first-order valence-corrected chi connectivity index (χ1v) is 10.8. The van der Waals surface area contributed by atoms with Gasteiger partial charge >= 0.3 is 0 Å². The van der Waals surface area contributed by atoms with Crippen LogP contribution in [0.2, 0.25) is 0 Å². The van der Waals surface area contributed by atoms with Gasteiger partial charge in [0.2, 0.25) is 10.0 Å². The molecule has 1 aromatic heterocycles. The van der Waals surface area contributed by atoms with Gasteiger partial charge in [-0.15, -0.1) is 5.10 Å². The normalized spacial score (nSPS) is 16.1. The third kappa shape index (κ3) is 4.09. The average Bonchev–Trinajstić information content (AvgIpc) is 3.17. The first-order chi connectivity index (χ1) is 14.3. The molecule has 30 heavy (non-hydrogen) atoms. The molecule has 1 aliphatic rings. The first kappa shape index (κ1) is 20.5. The summed E-state index contributed by atoms with van der Waals surface area (Å²) in [6, 6.07) is 10.3. The fourth-order valence-electron chi connectivity index (χ4n) is 3.34. The van der Waals surface area contributed by atoms with E-state index in [0.717, 1.165) is 23.4 Å². The molecule has 1 fully saturated rings. The van der Waals surface area contributed by atoms with E-state index in [2.05, 4.69) is 15.5 Å². The molecule has 8 nitrogen and oxygen atoms in total. The smallest absolute Gasteiger partial charge is 0.246 e. The fourth-order valence-corrected chi connectivity index (χ4v) is 4.81. The molecule has 0 radical (unpaired) electrons.